The topological polar surface area (TPSA) is 78.7 Å². The number of halogens is 1. The lowest BCUT2D eigenvalue weighted by Crippen LogP contribution is -2.25. The quantitative estimate of drug-likeness (QED) is 0.210. The average molecular weight is 535 g/mol. The molecule has 0 radical (unpaired) electrons. The van der Waals surface area contributed by atoms with Gasteiger partial charge in [-0.15, -0.1) is 5.10 Å². The highest BCUT2D eigenvalue weighted by molar-refractivity contribution is 14.1. The average Bonchev–Trinajstić information content (AvgIpc) is 3.04. The van der Waals surface area contributed by atoms with Crippen LogP contribution in [0.5, 0.6) is 0 Å². The van der Waals surface area contributed by atoms with Crippen molar-refractivity contribution in [1.29, 1.82) is 0 Å². The van der Waals surface area contributed by atoms with Crippen LogP contribution in [-0.2, 0) is 11.5 Å². The first-order valence-electron chi connectivity index (χ1n) is 9.64. The molecule has 0 aliphatic rings. The van der Waals surface area contributed by atoms with Gasteiger partial charge in [0, 0.05) is 26.4 Å². The molecule has 0 atom stereocenters. The molecule has 0 bridgehead atoms. The molecule has 0 spiro atoms. The van der Waals surface area contributed by atoms with E-state index in [-0.39, 0.29) is 17.8 Å². The molecule has 0 N–H and O–H groups in total. The van der Waals surface area contributed by atoms with E-state index in [9.17, 15) is 9.59 Å². The smallest absolute Gasteiger partial charge is 0.352 e. The van der Waals surface area contributed by atoms with Crippen LogP contribution in [-0.4, -0.2) is 28.9 Å². The third kappa shape index (κ3) is 4.01. The molecule has 156 valence electrons. The number of fused-ring (bicyclic) bond motifs is 3. The van der Waals surface area contributed by atoms with Crippen LogP contribution in [0, 0.1) is 3.57 Å². The third-order valence-electron chi connectivity index (χ3n) is 4.80. The van der Waals surface area contributed by atoms with Crippen molar-refractivity contribution in [3.8, 4) is 11.3 Å². The molecule has 7 nitrogen and oxygen atoms in total. The lowest BCUT2D eigenvalue weighted by atomic mass is 10.1. The molecule has 9 heteroatoms. The second kappa shape index (κ2) is 8.12. The summed E-state index contributed by atoms with van der Waals surface area (Å²) in [5, 5.41) is 4.79. The van der Waals surface area contributed by atoms with Crippen LogP contribution >= 0.6 is 22.6 Å². The summed E-state index contributed by atoms with van der Waals surface area (Å²) in [4.78, 5) is 25.7. The lowest BCUT2D eigenvalue weighted by Gasteiger charge is -2.14. The summed E-state index contributed by atoms with van der Waals surface area (Å²) >= 11 is 2.00. The Labute approximate surface area is 187 Å². The Morgan fingerprint density at radius 3 is 2.57 bits per heavy atom. The second-order valence-electron chi connectivity index (χ2n) is 8.32. The standard InChI is InChI=1S/C21H22IN3O4Si/c1-30(2,3)12-11-28-13-25-21(27)24-10-9-15-17(26)16(22)18(14-7-5-4-6-8-14)29-19(15)20(24)23-25/h4-10H,11-13H2,1-3H3. The fourth-order valence-corrected chi connectivity index (χ4v) is 4.56. The van der Waals surface area contributed by atoms with Crippen LogP contribution in [0.15, 0.2) is 56.6 Å². The Morgan fingerprint density at radius 1 is 1.13 bits per heavy atom. The van der Waals surface area contributed by atoms with Crippen molar-refractivity contribution < 1.29 is 9.15 Å². The first-order valence-corrected chi connectivity index (χ1v) is 14.4. The van der Waals surface area contributed by atoms with E-state index in [0.29, 0.717) is 32.6 Å². The van der Waals surface area contributed by atoms with Crippen LogP contribution in [0.3, 0.4) is 0 Å². The van der Waals surface area contributed by atoms with Gasteiger partial charge in [0.1, 0.15) is 10.3 Å². The molecule has 30 heavy (non-hydrogen) atoms. The van der Waals surface area contributed by atoms with Gasteiger partial charge in [0.05, 0.1) is 5.39 Å². The van der Waals surface area contributed by atoms with E-state index in [1.165, 1.54) is 9.08 Å². The van der Waals surface area contributed by atoms with Gasteiger partial charge in [0.25, 0.3) is 0 Å². The fourth-order valence-electron chi connectivity index (χ4n) is 3.09. The summed E-state index contributed by atoms with van der Waals surface area (Å²) in [6.07, 6.45) is 1.56. The zero-order valence-electron chi connectivity index (χ0n) is 17.0. The Hall–Kier alpha value is -2.24. The molecule has 0 saturated heterocycles. The van der Waals surface area contributed by atoms with Crippen LogP contribution in [0.1, 0.15) is 0 Å². The van der Waals surface area contributed by atoms with E-state index in [2.05, 4.69) is 24.7 Å². The maximum absolute atomic E-state index is 13.0. The van der Waals surface area contributed by atoms with Gasteiger partial charge in [-0.3, -0.25) is 4.79 Å². The Kier molecular flexibility index (Phi) is 5.69. The van der Waals surface area contributed by atoms with Crippen molar-refractivity contribution in [2.75, 3.05) is 6.61 Å². The number of aromatic nitrogens is 3. The molecule has 0 aliphatic carbocycles. The number of nitrogens with zero attached hydrogens (tertiary/aromatic N) is 3. The van der Waals surface area contributed by atoms with Gasteiger partial charge >= 0.3 is 5.69 Å². The van der Waals surface area contributed by atoms with Crippen molar-refractivity contribution in [3.63, 3.8) is 0 Å². The molecule has 0 saturated carbocycles. The molecule has 0 unspecified atom stereocenters. The predicted octanol–water partition coefficient (Wildman–Crippen LogP) is 4.19. The summed E-state index contributed by atoms with van der Waals surface area (Å²) in [6.45, 7) is 7.46. The molecule has 0 amide bonds. The number of pyridine rings is 1. The number of benzene rings is 1. The highest BCUT2D eigenvalue weighted by atomic mass is 127. The molecule has 3 heterocycles. The summed E-state index contributed by atoms with van der Waals surface area (Å²) in [6, 6.07) is 12.0. The zero-order chi connectivity index (χ0) is 21.5. The lowest BCUT2D eigenvalue weighted by molar-refractivity contribution is 0.0761. The summed E-state index contributed by atoms with van der Waals surface area (Å²) in [7, 11) is -1.22. The molecule has 4 aromatic rings. The fraction of sp³-hybridized carbons (Fsp3) is 0.286. The van der Waals surface area contributed by atoms with E-state index in [1.54, 1.807) is 12.3 Å². The van der Waals surface area contributed by atoms with Crippen molar-refractivity contribution in [2.24, 2.45) is 0 Å². The Morgan fingerprint density at radius 2 is 1.87 bits per heavy atom. The van der Waals surface area contributed by atoms with E-state index >= 15 is 0 Å². The normalized spacial score (nSPS) is 12.1. The summed E-state index contributed by atoms with van der Waals surface area (Å²) in [5.74, 6) is 0.468. The van der Waals surface area contributed by atoms with Gasteiger partial charge < -0.3 is 9.15 Å². The van der Waals surface area contributed by atoms with Crippen LogP contribution in [0.25, 0.3) is 27.9 Å². The SMILES string of the molecule is C[Si](C)(C)CCOCn1nc2c3oc(-c4ccccc4)c(I)c(=O)c3ccn2c1=O. The van der Waals surface area contributed by atoms with Crippen LogP contribution in [0.4, 0.5) is 0 Å². The van der Waals surface area contributed by atoms with E-state index in [1.807, 2.05) is 52.9 Å². The maximum Gasteiger partial charge on any atom is 0.352 e. The molecular formula is C21H22IN3O4Si. The van der Waals surface area contributed by atoms with Gasteiger partial charge in [0.2, 0.25) is 11.1 Å². The van der Waals surface area contributed by atoms with Gasteiger partial charge in [-0.2, -0.15) is 4.68 Å². The van der Waals surface area contributed by atoms with Crippen molar-refractivity contribution >= 4 is 47.3 Å². The number of rotatable bonds is 6. The van der Waals surface area contributed by atoms with Crippen molar-refractivity contribution in [1.82, 2.24) is 14.2 Å². The summed E-state index contributed by atoms with van der Waals surface area (Å²) < 4.78 is 15.0. The van der Waals surface area contributed by atoms with Crippen LogP contribution in [0.2, 0.25) is 25.7 Å². The monoisotopic (exact) mass is 535 g/mol. The zero-order valence-corrected chi connectivity index (χ0v) is 20.2. The number of ether oxygens (including phenoxy) is 1. The minimum atomic E-state index is -1.22. The minimum Gasteiger partial charge on any atom is -0.451 e. The Balaban J connectivity index is 1.80. The van der Waals surface area contributed by atoms with E-state index in [0.717, 1.165) is 11.6 Å². The van der Waals surface area contributed by atoms with Gasteiger partial charge in [0.15, 0.2) is 11.3 Å². The van der Waals surface area contributed by atoms with Crippen molar-refractivity contribution in [3.05, 3.63) is 66.9 Å². The first kappa shape index (κ1) is 21.0. The predicted molar refractivity (Wildman–Crippen MR) is 128 cm³/mol. The molecule has 3 aromatic heterocycles. The maximum atomic E-state index is 13.0. The van der Waals surface area contributed by atoms with E-state index in [4.69, 9.17) is 9.15 Å². The second-order valence-corrected chi connectivity index (χ2v) is 15.0. The largest absolute Gasteiger partial charge is 0.451 e. The molecule has 0 fully saturated rings. The molecular weight excluding hydrogens is 513 g/mol. The summed E-state index contributed by atoms with van der Waals surface area (Å²) in [5.41, 5.74) is 0.907. The number of hydrogen-bond donors (Lipinski definition) is 0. The molecule has 4 rings (SSSR count). The van der Waals surface area contributed by atoms with Gasteiger partial charge in [-0.1, -0.05) is 50.0 Å². The minimum absolute atomic E-state index is 0.0621. The Bertz CT molecular complexity index is 1340. The highest BCUT2D eigenvalue weighted by Crippen LogP contribution is 2.28. The first-order chi connectivity index (χ1) is 14.3. The number of hydrogen-bond acceptors (Lipinski definition) is 5. The van der Waals surface area contributed by atoms with Crippen LogP contribution < -0.4 is 11.1 Å². The third-order valence-corrected chi connectivity index (χ3v) is 7.49. The van der Waals surface area contributed by atoms with Gasteiger partial charge in [-0.05, 0) is 34.7 Å². The highest BCUT2D eigenvalue weighted by Gasteiger charge is 2.19. The molecule has 1 aromatic carbocycles. The van der Waals surface area contributed by atoms with E-state index < -0.39 is 8.07 Å². The van der Waals surface area contributed by atoms with Gasteiger partial charge in [-0.25, -0.2) is 9.20 Å². The molecule has 0 aliphatic heterocycles. The van der Waals surface area contributed by atoms with Crippen molar-refractivity contribution in [2.45, 2.75) is 32.4 Å².